The number of amides is 2. The molecule has 0 aromatic heterocycles. The number of likely N-dealkylation sites (tertiary alicyclic amines) is 1. The molecule has 22 heavy (non-hydrogen) atoms. The van der Waals surface area contributed by atoms with Crippen LogP contribution in [0.2, 0.25) is 0 Å². The highest BCUT2D eigenvalue weighted by Crippen LogP contribution is 2.35. The predicted molar refractivity (Wildman–Crippen MR) is 84.2 cm³/mol. The van der Waals surface area contributed by atoms with Gasteiger partial charge in [0.05, 0.1) is 12.0 Å². The van der Waals surface area contributed by atoms with E-state index in [9.17, 15) is 9.59 Å². The summed E-state index contributed by atoms with van der Waals surface area (Å²) in [6.45, 7) is 1.23. The Bertz CT molecular complexity index is 504. The molecule has 1 saturated heterocycles. The van der Waals surface area contributed by atoms with Gasteiger partial charge in [-0.25, -0.2) is 0 Å². The van der Waals surface area contributed by atoms with Crippen LogP contribution in [0.25, 0.3) is 0 Å². The molecule has 5 heteroatoms. The molecule has 0 bridgehead atoms. The van der Waals surface area contributed by atoms with Gasteiger partial charge < -0.3 is 15.0 Å². The SMILES string of the molecule is COCCCNC(=O)[C@@H]1CCC(=O)N(C)[C@H]1c1ccccc1. The minimum atomic E-state index is -0.201. The molecule has 1 heterocycles. The van der Waals surface area contributed by atoms with Gasteiger partial charge in [0.25, 0.3) is 0 Å². The van der Waals surface area contributed by atoms with Crippen LogP contribution in [0.3, 0.4) is 0 Å². The van der Waals surface area contributed by atoms with Crippen molar-refractivity contribution in [1.82, 2.24) is 10.2 Å². The number of ether oxygens (including phenoxy) is 1. The first-order valence-electron chi connectivity index (χ1n) is 7.72. The zero-order valence-electron chi connectivity index (χ0n) is 13.2. The van der Waals surface area contributed by atoms with Crippen molar-refractivity contribution in [1.29, 1.82) is 0 Å². The molecule has 1 N–H and O–H groups in total. The first-order chi connectivity index (χ1) is 10.6. The topological polar surface area (TPSA) is 58.6 Å². The van der Waals surface area contributed by atoms with Crippen LogP contribution in [-0.2, 0) is 14.3 Å². The summed E-state index contributed by atoms with van der Waals surface area (Å²) in [4.78, 5) is 26.2. The minimum Gasteiger partial charge on any atom is -0.385 e. The van der Waals surface area contributed by atoms with E-state index in [4.69, 9.17) is 4.74 Å². The van der Waals surface area contributed by atoms with Crippen LogP contribution in [0, 0.1) is 5.92 Å². The average molecular weight is 304 g/mol. The lowest BCUT2D eigenvalue weighted by Gasteiger charge is -2.38. The van der Waals surface area contributed by atoms with Crippen molar-refractivity contribution in [2.24, 2.45) is 5.92 Å². The van der Waals surface area contributed by atoms with Gasteiger partial charge in [0.2, 0.25) is 11.8 Å². The van der Waals surface area contributed by atoms with Gasteiger partial charge in [0.1, 0.15) is 0 Å². The summed E-state index contributed by atoms with van der Waals surface area (Å²) in [5, 5.41) is 2.97. The summed E-state index contributed by atoms with van der Waals surface area (Å²) in [6.07, 6.45) is 1.81. The predicted octanol–water partition coefficient (Wildman–Crippen LogP) is 1.75. The number of carbonyl (C=O) groups is 2. The van der Waals surface area contributed by atoms with Crippen LogP contribution in [0.5, 0.6) is 0 Å². The molecule has 0 saturated carbocycles. The first-order valence-corrected chi connectivity index (χ1v) is 7.72. The van der Waals surface area contributed by atoms with Gasteiger partial charge in [0, 0.05) is 33.7 Å². The Morgan fingerprint density at radius 2 is 2.09 bits per heavy atom. The largest absolute Gasteiger partial charge is 0.385 e. The van der Waals surface area contributed by atoms with Crippen LogP contribution in [0.1, 0.15) is 30.9 Å². The van der Waals surface area contributed by atoms with Gasteiger partial charge in [-0.15, -0.1) is 0 Å². The maximum Gasteiger partial charge on any atom is 0.225 e. The zero-order chi connectivity index (χ0) is 15.9. The molecule has 1 aromatic rings. The van der Waals surface area contributed by atoms with Crippen LogP contribution in [0.4, 0.5) is 0 Å². The van der Waals surface area contributed by atoms with Crippen molar-refractivity contribution >= 4 is 11.8 Å². The second-order valence-corrected chi connectivity index (χ2v) is 5.64. The number of nitrogens with zero attached hydrogens (tertiary/aromatic N) is 1. The lowest BCUT2D eigenvalue weighted by molar-refractivity contribution is -0.141. The van der Waals surface area contributed by atoms with Gasteiger partial charge in [-0.3, -0.25) is 9.59 Å². The Hall–Kier alpha value is -1.88. The van der Waals surface area contributed by atoms with Gasteiger partial charge >= 0.3 is 0 Å². The molecule has 0 unspecified atom stereocenters. The van der Waals surface area contributed by atoms with Crippen LogP contribution in [0.15, 0.2) is 30.3 Å². The summed E-state index contributed by atoms with van der Waals surface area (Å²) in [7, 11) is 3.43. The Morgan fingerprint density at radius 3 is 2.77 bits per heavy atom. The third-order valence-electron chi connectivity index (χ3n) is 4.16. The highest BCUT2D eigenvalue weighted by molar-refractivity contribution is 5.84. The lowest BCUT2D eigenvalue weighted by atomic mass is 9.84. The van der Waals surface area contributed by atoms with Gasteiger partial charge in [-0.05, 0) is 18.4 Å². The second-order valence-electron chi connectivity index (χ2n) is 5.64. The Morgan fingerprint density at radius 1 is 1.36 bits per heavy atom. The van der Waals surface area contributed by atoms with E-state index in [1.165, 1.54) is 0 Å². The molecule has 1 aliphatic rings. The Labute approximate surface area is 131 Å². The van der Waals surface area contributed by atoms with Crippen LogP contribution >= 0.6 is 0 Å². The molecule has 0 radical (unpaired) electrons. The third kappa shape index (κ3) is 3.85. The summed E-state index contributed by atoms with van der Waals surface area (Å²) in [6, 6.07) is 9.58. The molecular formula is C17H24N2O3. The highest BCUT2D eigenvalue weighted by Gasteiger charge is 2.38. The van der Waals surface area contributed by atoms with Crippen molar-refractivity contribution in [3.05, 3.63) is 35.9 Å². The van der Waals surface area contributed by atoms with Crippen LogP contribution < -0.4 is 5.32 Å². The molecule has 2 atom stereocenters. The highest BCUT2D eigenvalue weighted by atomic mass is 16.5. The average Bonchev–Trinajstić information content (AvgIpc) is 2.54. The van der Waals surface area contributed by atoms with E-state index < -0.39 is 0 Å². The molecule has 1 aromatic carbocycles. The summed E-state index contributed by atoms with van der Waals surface area (Å²) < 4.78 is 4.99. The van der Waals surface area contributed by atoms with E-state index in [1.54, 1.807) is 19.1 Å². The van der Waals surface area contributed by atoms with E-state index >= 15 is 0 Å². The van der Waals surface area contributed by atoms with Crippen molar-refractivity contribution < 1.29 is 14.3 Å². The van der Waals surface area contributed by atoms with E-state index in [-0.39, 0.29) is 23.8 Å². The van der Waals surface area contributed by atoms with Gasteiger partial charge in [-0.1, -0.05) is 30.3 Å². The lowest BCUT2D eigenvalue weighted by Crippen LogP contribution is -2.46. The number of hydrogen-bond acceptors (Lipinski definition) is 3. The standard InChI is InChI=1S/C17H24N2O3/c1-19-15(20)10-9-14(17(21)18-11-6-12-22-2)16(19)13-7-4-3-5-8-13/h3-5,7-8,14,16H,6,9-12H2,1-2H3,(H,18,21)/t14-,16+/m1/s1. The number of methoxy groups -OCH3 is 1. The molecule has 1 aliphatic heterocycles. The molecule has 0 spiro atoms. The Balaban J connectivity index is 2.10. The first kappa shape index (κ1) is 16.5. The van der Waals surface area contributed by atoms with Crippen molar-refractivity contribution in [2.45, 2.75) is 25.3 Å². The Kier molecular flexibility index (Phi) is 5.95. The number of piperidine rings is 1. The summed E-state index contributed by atoms with van der Waals surface area (Å²) in [5.74, 6) is -0.0887. The summed E-state index contributed by atoms with van der Waals surface area (Å²) in [5.41, 5.74) is 1.01. The molecule has 120 valence electrons. The van der Waals surface area contributed by atoms with Gasteiger partial charge in [-0.2, -0.15) is 0 Å². The second kappa shape index (κ2) is 7.94. The number of rotatable bonds is 6. The van der Waals surface area contributed by atoms with E-state index in [1.807, 2.05) is 30.3 Å². The van der Waals surface area contributed by atoms with Crippen molar-refractivity contribution in [3.63, 3.8) is 0 Å². The molecule has 1 fully saturated rings. The molecule has 2 amide bonds. The molecule has 5 nitrogen and oxygen atoms in total. The maximum atomic E-state index is 12.5. The van der Waals surface area contributed by atoms with Crippen molar-refractivity contribution in [2.75, 3.05) is 27.3 Å². The minimum absolute atomic E-state index is 0.0179. The van der Waals surface area contributed by atoms with E-state index in [0.29, 0.717) is 26.0 Å². The number of benzene rings is 1. The van der Waals surface area contributed by atoms with Gasteiger partial charge in [0.15, 0.2) is 0 Å². The smallest absolute Gasteiger partial charge is 0.225 e. The van der Waals surface area contributed by atoms with E-state index in [2.05, 4.69) is 5.32 Å². The third-order valence-corrected chi connectivity index (χ3v) is 4.16. The fourth-order valence-corrected chi connectivity index (χ4v) is 2.98. The summed E-state index contributed by atoms with van der Waals surface area (Å²) >= 11 is 0. The molecular weight excluding hydrogens is 280 g/mol. The molecule has 2 rings (SSSR count). The molecule has 0 aliphatic carbocycles. The monoisotopic (exact) mass is 304 g/mol. The number of nitrogens with one attached hydrogen (secondary N) is 1. The van der Waals surface area contributed by atoms with E-state index in [0.717, 1.165) is 12.0 Å². The maximum absolute atomic E-state index is 12.5. The number of carbonyl (C=O) groups excluding carboxylic acids is 2. The normalized spacial score (nSPS) is 21.7. The fraction of sp³-hybridized carbons (Fsp3) is 0.529. The zero-order valence-corrected chi connectivity index (χ0v) is 13.2. The number of hydrogen-bond donors (Lipinski definition) is 1. The quantitative estimate of drug-likeness (QED) is 0.815. The van der Waals surface area contributed by atoms with Crippen LogP contribution in [-0.4, -0.2) is 44.0 Å². The van der Waals surface area contributed by atoms with Crippen molar-refractivity contribution in [3.8, 4) is 0 Å². The fourth-order valence-electron chi connectivity index (χ4n) is 2.98.